The molecular weight excluding hydrogens is 245 g/mol. The molecular formula is C9H6F5N3. The molecule has 2 rings (SSSR count). The standard InChI is InChI=1S/C9H6F5N3/c1-5-4-6(8(10,11)9(12,13)14)17-7(16-5)2-3-15-17/h2-4H,1H3. The summed E-state index contributed by atoms with van der Waals surface area (Å²) in [5.41, 5.74) is -1.22. The minimum Gasteiger partial charge on any atom is -0.234 e. The fourth-order valence-electron chi connectivity index (χ4n) is 1.41. The minimum absolute atomic E-state index is 0.0519. The fourth-order valence-corrected chi connectivity index (χ4v) is 1.41. The number of halogens is 5. The molecule has 0 spiro atoms. The van der Waals surface area contributed by atoms with E-state index in [1.54, 1.807) is 0 Å². The predicted octanol–water partition coefficient (Wildman–Crippen LogP) is 2.69. The van der Waals surface area contributed by atoms with Crippen LogP contribution >= 0.6 is 0 Å². The van der Waals surface area contributed by atoms with Crippen LogP contribution in [0.25, 0.3) is 5.65 Å². The lowest BCUT2D eigenvalue weighted by Crippen LogP contribution is -2.35. The molecule has 17 heavy (non-hydrogen) atoms. The summed E-state index contributed by atoms with van der Waals surface area (Å²) in [6, 6.07) is 1.93. The van der Waals surface area contributed by atoms with Crippen molar-refractivity contribution in [2.75, 3.05) is 0 Å². The van der Waals surface area contributed by atoms with Crippen LogP contribution in [0.2, 0.25) is 0 Å². The summed E-state index contributed by atoms with van der Waals surface area (Å²) in [6.45, 7) is 1.34. The monoisotopic (exact) mass is 251 g/mol. The van der Waals surface area contributed by atoms with Crippen LogP contribution in [0.5, 0.6) is 0 Å². The number of aryl methyl sites for hydroxylation is 1. The molecule has 0 aromatic carbocycles. The SMILES string of the molecule is Cc1cc(C(F)(F)C(F)(F)F)n2nccc2n1. The number of rotatable bonds is 1. The van der Waals surface area contributed by atoms with Gasteiger partial charge in [-0.15, -0.1) is 0 Å². The lowest BCUT2D eigenvalue weighted by molar-refractivity contribution is -0.291. The first-order valence-electron chi connectivity index (χ1n) is 4.50. The quantitative estimate of drug-likeness (QED) is 0.729. The van der Waals surface area contributed by atoms with Gasteiger partial charge in [-0.05, 0) is 13.0 Å². The highest BCUT2D eigenvalue weighted by atomic mass is 19.4. The molecule has 3 nitrogen and oxygen atoms in total. The van der Waals surface area contributed by atoms with Gasteiger partial charge in [0.05, 0.1) is 6.20 Å². The van der Waals surface area contributed by atoms with E-state index in [-0.39, 0.29) is 11.3 Å². The van der Waals surface area contributed by atoms with Crippen LogP contribution in [-0.2, 0) is 5.92 Å². The van der Waals surface area contributed by atoms with Crippen molar-refractivity contribution < 1.29 is 22.0 Å². The van der Waals surface area contributed by atoms with E-state index in [0.29, 0.717) is 10.6 Å². The van der Waals surface area contributed by atoms with Gasteiger partial charge < -0.3 is 0 Å². The topological polar surface area (TPSA) is 30.2 Å². The fraction of sp³-hybridized carbons (Fsp3) is 0.333. The molecule has 0 aliphatic heterocycles. The van der Waals surface area contributed by atoms with Crippen molar-refractivity contribution >= 4 is 5.65 Å². The number of hydrogen-bond donors (Lipinski definition) is 0. The second kappa shape index (κ2) is 3.38. The molecule has 2 aromatic heterocycles. The van der Waals surface area contributed by atoms with Crippen LogP contribution in [0.3, 0.4) is 0 Å². The lowest BCUT2D eigenvalue weighted by atomic mass is 10.2. The summed E-state index contributed by atoms with van der Waals surface area (Å²) in [5, 5.41) is 3.41. The van der Waals surface area contributed by atoms with Gasteiger partial charge in [-0.3, -0.25) is 0 Å². The van der Waals surface area contributed by atoms with Crippen molar-refractivity contribution in [3.63, 3.8) is 0 Å². The Labute approximate surface area is 91.9 Å². The third-order valence-corrected chi connectivity index (χ3v) is 2.17. The maximum atomic E-state index is 13.2. The number of alkyl halides is 5. The minimum atomic E-state index is -5.67. The van der Waals surface area contributed by atoms with E-state index in [1.165, 1.54) is 13.0 Å². The second-order valence-electron chi connectivity index (χ2n) is 3.46. The zero-order valence-corrected chi connectivity index (χ0v) is 8.46. The van der Waals surface area contributed by atoms with Gasteiger partial charge in [-0.2, -0.15) is 27.1 Å². The van der Waals surface area contributed by atoms with Gasteiger partial charge in [-0.1, -0.05) is 0 Å². The Balaban J connectivity index is 2.74. The molecule has 8 heteroatoms. The Hall–Kier alpha value is -1.73. The predicted molar refractivity (Wildman–Crippen MR) is 47.7 cm³/mol. The van der Waals surface area contributed by atoms with E-state index in [1.807, 2.05) is 0 Å². The summed E-state index contributed by atoms with van der Waals surface area (Å²) in [5.74, 6) is -4.97. The van der Waals surface area contributed by atoms with E-state index >= 15 is 0 Å². The average molecular weight is 251 g/mol. The van der Waals surface area contributed by atoms with Crippen LogP contribution in [0.1, 0.15) is 11.4 Å². The zero-order chi connectivity index (χ0) is 12.8. The maximum absolute atomic E-state index is 13.2. The molecule has 2 aromatic rings. The number of aromatic nitrogens is 3. The van der Waals surface area contributed by atoms with Crippen LogP contribution in [0, 0.1) is 6.92 Å². The third kappa shape index (κ3) is 1.73. The van der Waals surface area contributed by atoms with Gasteiger partial charge in [0.15, 0.2) is 5.65 Å². The Kier molecular flexibility index (Phi) is 2.33. The number of fused-ring (bicyclic) bond motifs is 1. The molecule has 0 N–H and O–H groups in total. The van der Waals surface area contributed by atoms with Crippen molar-refractivity contribution in [3.05, 3.63) is 29.7 Å². The lowest BCUT2D eigenvalue weighted by Gasteiger charge is -2.20. The van der Waals surface area contributed by atoms with Crippen molar-refractivity contribution in [3.8, 4) is 0 Å². The molecule has 0 atom stereocenters. The normalized spacial score (nSPS) is 13.3. The molecule has 0 amide bonds. The Bertz CT molecular complexity index is 557. The average Bonchev–Trinajstić information content (AvgIpc) is 2.61. The van der Waals surface area contributed by atoms with E-state index in [2.05, 4.69) is 10.1 Å². The Morgan fingerprint density at radius 3 is 2.41 bits per heavy atom. The van der Waals surface area contributed by atoms with Gasteiger partial charge in [-0.25, -0.2) is 9.50 Å². The van der Waals surface area contributed by atoms with Gasteiger partial charge in [0, 0.05) is 11.8 Å². The smallest absolute Gasteiger partial charge is 0.234 e. The highest BCUT2D eigenvalue weighted by Crippen LogP contribution is 2.43. The number of nitrogens with zero attached hydrogens (tertiary/aromatic N) is 3. The van der Waals surface area contributed by atoms with E-state index in [4.69, 9.17) is 0 Å². The zero-order valence-electron chi connectivity index (χ0n) is 8.46. The molecule has 2 heterocycles. The first-order chi connectivity index (χ1) is 7.73. The highest BCUT2D eigenvalue weighted by molar-refractivity contribution is 5.40. The van der Waals surface area contributed by atoms with Crippen LogP contribution < -0.4 is 0 Å². The summed E-state index contributed by atoms with van der Waals surface area (Å²) in [6.07, 6.45) is -4.56. The van der Waals surface area contributed by atoms with Crippen molar-refractivity contribution in [1.82, 2.24) is 14.6 Å². The molecule has 0 radical (unpaired) electrons. The van der Waals surface area contributed by atoms with Gasteiger partial charge in [0.25, 0.3) is 0 Å². The molecule has 0 fully saturated rings. The summed E-state index contributed by atoms with van der Waals surface area (Å²) < 4.78 is 63.8. The first-order valence-corrected chi connectivity index (χ1v) is 4.50. The Morgan fingerprint density at radius 1 is 1.18 bits per heavy atom. The van der Waals surface area contributed by atoms with Gasteiger partial charge >= 0.3 is 12.1 Å². The van der Waals surface area contributed by atoms with E-state index in [9.17, 15) is 22.0 Å². The van der Waals surface area contributed by atoms with E-state index in [0.717, 1.165) is 6.20 Å². The molecule has 0 aliphatic rings. The van der Waals surface area contributed by atoms with Gasteiger partial charge in [0.1, 0.15) is 5.69 Å². The van der Waals surface area contributed by atoms with Crippen molar-refractivity contribution in [2.45, 2.75) is 19.0 Å². The van der Waals surface area contributed by atoms with E-state index < -0.39 is 17.8 Å². The summed E-state index contributed by atoms with van der Waals surface area (Å²) >= 11 is 0. The molecule has 0 aliphatic carbocycles. The molecule has 92 valence electrons. The molecule has 0 saturated carbocycles. The second-order valence-corrected chi connectivity index (χ2v) is 3.46. The summed E-state index contributed by atoms with van der Waals surface area (Å²) in [7, 11) is 0. The number of hydrogen-bond acceptors (Lipinski definition) is 2. The largest absolute Gasteiger partial charge is 0.459 e. The summed E-state index contributed by atoms with van der Waals surface area (Å²) in [4.78, 5) is 3.79. The Morgan fingerprint density at radius 2 is 1.82 bits per heavy atom. The third-order valence-electron chi connectivity index (χ3n) is 2.17. The van der Waals surface area contributed by atoms with Crippen LogP contribution in [0.4, 0.5) is 22.0 Å². The molecule has 0 bridgehead atoms. The van der Waals surface area contributed by atoms with Crippen molar-refractivity contribution in [1.29, 1.82) is 0 Å². The van der Waals surface area contributed by atoms with Gasteiger partial charge in [0.2, 0.25) is 0 Å². The first kappa shape index (κ1) is 11.7. The molecule has 0 saturated heterocycles. The van der Waals surface area contributed by atoms with Crippen LogP contribution in [0.15, 0.2) is 18.3 Å². The van der Waals surface area contributed by atoms with Crippen LogP contribution in [-0.4, -0.2) is 20.8 Å². The molecule has 0 unspecified atom stereocenters. The van der Waals surface area contributed by atoms with Crippen molar-refractivity contribution in [2.24, 2.45) is 0 Å². The maximum Gasteiger partial charge on any atom is 0.459 e. The highest BCUT2D eigenvalue weighted by Gasteiger charge is 2.60.